The van der Waals surface area contributed by atoms with Crippen LogP contribution >= 0.6 is 0 Å². The summed E-state index contributed by atoms with van der Waals surface area (Å²) in [5.41, 5.74) is 2.88. The van der Waals surface area contributed by atoms with E-state index in [4.69, 9.17) is 9.72 Å². The third kappa shape index (κ3) is 5.18. The molecule has 1 unspecified atom stereocenters. The molecule has 1 atom stereocenters. The van der Waals surface area contributed by atoms with Crippen molar-refractivity contribution in [1.29, 1.82) is 0 Å². The zero-order chi connectivity index (χ0) is 21.5. The van der Waals surface area contributed by atoms with Gasteiger partial charge in [0.15, 0.2) is 0 Å². The molecule has 31 heavy (non-hydrogen) atoms. The molecule has 4 rings (SSSR count). The van der Waals surface area contributed by atoms with E-state index in [2.05, 4.69) is 50.1 Å². The van der Waals surface area contributed by atoms with Crippen molar-refractivity contribution in [3.8, 4) is 0 Å². The van der Waals surface area contributed by atoms with Crippen molar-refractivity contribution >= 4 is 5.91 Å². The number of aromatic nitrogens is 3. The summed E-state index contributed by atoms with van der Waals surface area (Å²) in [6.45, 7) is 3.82. The summed E-state index contributed by atoms with van der Waals surface area (Å²) in [6, 6.07) is 14.5. The molecule has 1 N–H and O–H groups in total. The Balaban J connectivity index is 1.54. The average molecular weight is 420 g/mol. The summed E-state index contributed by atoms with van der Waals surface area (Å²) < 4.78 is 7.17. The van der Waals surface area contributed by atoms with Gasteiger partial charge in [-0.05, 0) is 30.0 Å². The molecule has 0 bridgehead atoms. The van der Waals surface area contributed by atoms with Gasteiger partial charge in [0.25, 0.3) is 5.91 Å². The molecule has 1 aliphatic rings. The Kier molecular flexibility index (Phi) is 7.07. The number of imidazole rings is 1. The molecule has 3 aromatic rings. The topological polar surface area (TPSA) is 72.3 Å². The van der Waals surface area contributed by atoms with Gasteiger partial charge in [-0.15, -0.1) is 0 Å². The van der Waals surface area contributed by atoms with E-state index < -0.39 is 0 Å². The number of methoxy groups -OCH3 is 1. The number of nitrogens with zero attached hydrogens (tertiary/aromatic N) is 4. The largest absolute Gasteiger partial charge is 0.385 e. The molecule has 0 fully saturated rings. The van der Waals surface area contributed by atoms with Gasteiger partial charge in [-0.2, -0.15) is 0 Å². The molecule has 162 valence electrons. The van der Waals surface area contributed by atoms with Crippen molar-refractivity contribution < 1.29 is 9.53 Å². The average Bonchev–Trinajstić information content (AvgIpc) is 3.26. The van der Waals surface area contributed by atoms with E-state index in [1.165, 1.54) is 11.1 Å². The minimum absolute atomic E-state index is 0.0154. The van der Waals surface area contributed by atoms with Gasteiger partial charge in [0.2, 0.25) is 0 Å². The van der Waals surface area contributed by atoms with Gasteiger partial charge in [0.05, 0.1) is 6.04 Å². The highest BCUT2D eigenvalue weighted by Gasteiger charge is 2.31. The summed E-state index contributed by atoms with van der Waals surface area (Å²) >= 11 is 0. The number of rotatable bonds is 9. The first kappa shape index (κ1) is 21.2. The monoisotopic (exact) mass is 419 g/mol. The second-order valence-electron chi connectivity index (χ2n) is 7.74. The third-order valence-electron chi connectivity index (χ3n) is 5.61. The van der Waals surface area contributed by atoms with E-state index in [9.17, 15) is 4.79 Å². The summed E-state index contributed by atoms with van der Waals surface area (Å²) in [4.78, 5) is 24.1. The minimum atomic E-state index is -0.133. The van der Waals surface area contributed by atoms with Crippen LogP contribution in [0.25, 0.3) is 0 Å². The van der Waals surface area contributed by atoms with Crippen LogP contribution in [0.2, 0.25) is 0 Å². The number of carbonyl (C=O) groups excluding carboxylic acids is 1. The van der Waals surface area contributed by atoms with Crippen molar-refractivity contribution in [2.24, 2.45) is 0 Å². The standard InChI is InChI=1S/C24H29N5O2/c1-31-16-6-12-26-24(30)21-18-29-15-14-28(13-10-19-7-5-11-25-17-19)22(23(29)27-21)20-8-3-2-4-9-20/h2-5,7-9,11,17-18,22H,6,10,12-16H2,1H3,(H,26,30). The zero-order valence-corrected chi connectivity index (χ0v) is 17.9. The van der Waals surface area contributed by atoms with E-state index in [0.717, 1.165) is 38.3 Å². The Morgan fingerprint density at radius 1 is 1.19 bits per heavy atom. The van der Waals surface area contributed by atoms with Crippen LogP contribution < -0.4 is 5.32 Å². The number of benzene rings is 1. The molecule has 1 aromatic carbocycles. The maximum atomic E-state index is 12.6. The lowest BCUT2D eigenvalue weighted by molar-refractivity contribution is 0.0944. The molecule has 1 amide bonds. The fourth-order valence-electron chi connectivity index (χ4n) is 4.03. The second-order valence-corrected chi connectivity index (χ2v) is 7.74. The van der Waals surface area contributed by atoms with Crippen LogP contribution in [-0.4, -0.2) is 58.7 Å². The Morgan fingerprint density at radius 3 is 2.84 bits per heavy atom. The number of nitrogens with one attached hydrogen (secondary N) is 1. The zero-order valence-electron chi connectivity index (χ0n) is 17.9. The van der Waals surface area contributed by atoms with Crippen LogP contribution in [0.4, 0.5) is 0 Å². The number of ether oxygens (including phenoxy) is 1. The van der Waals surface area contributed by atoms with E-state index in [0.29, 0.717) is 18.8 Å². The van der Waals surface area contributed by atoms with Gasteiger partial charge in [-0.3, -0.25) is 14.7 Å². The smallest absolute Gasteiger partial charge is 0.271 e. The molecule has 0 radical (unpaired) electrons. The summed E-state index contributed by atoms with van der Waals surface area (Å²) in [7, 11) is 1.66. The Hall–Kier alpha value is -3.03. The molecule has 7 nitrogen and oxygen atoms in total. The van der Waals surface area contributed by atoms with Gasteiger partial charge < -0.3 is 14.6 Å². The Bertz CT molecular complexity index is 974. The van der Waals surface area contributed by atoms with Crippen molar-refractivity contribution in [3.05, 3.63) is 83.7 Å². The molecule has 7 heteroatoms. The fourth-order valence-corrected chi connectivity index (χ4v) is 4.03. The van der Waals surface area contributed by atoms with Crippen LogP contribution in [0.5, 0.6) is 0 Å². The summed E-state index contributed by atoms with van der Waals surface area (Å²) in [5.74, 6) is 0.789. The van der Waals surface area contributed by atoms with Gasteiger partial charge in [0.1, 0.15) is 11.5 Å². The lowest BCUT2D eigenvalue weighted by atomic mass is 10.0. The van der Waals surface area contributed by atoms with E-state index in [1.807, 2.05) is 24.5 Å². The maximum Gasteiger partial charge on any atom is 0.271 e. The molecular weight excluding hydrogens is 390 g/mol. The van der Waals surface area contributed by atoms with Gasteiger partial charge in [-0.25, -0.2) is 4.98 Å². The molecule has 0 saturated carbocycles. The van der Waals surface area contributed by atoms with Crippen LogP contribution in [0, 0.1) is 0 Å². The van der Waals surface area contributed by atoms with Crippen LogP contribution in [0.15, 0.2) is 61.1 Å². The number of fused-ring (bicyclic) bond motifs is 1. The maximum absolute atomic E-state index is 12.6. The van der Waals surface area contributed by atoms with Gasteiger partial charge >= 0.3 is 0 Å². The predicted molar refractivity (Wildman–Crippen MR) is 119 cm³/mol. The number of pyridine rings is 1. The lowest BCUT2D eigenvalue weighted by Crippen LogP contribution is -2.40. The van der Waals surface area contributed by atoms with Gasteiger partial charge in [0, 0.05) is 58.5 Å². The predicted octanol–water partition coefficient (Wildman–Crippen LogP) is 2.69. The first-order chi connectivity index (χ1) is 15.3. The number of carbonyl (C=O) groups is 1. The van der Waals surface area contributed by atoms with E-state index in [-0.39, 0.29) is 11.9 Å². The van der Waals surface area contributed by atoms with Crippen LogP contribution in [0.3, 0.4) is 0 Å². The number of hydrogen-bond donors (Lipinski definition) is 1. The molecule has 0 aliphatic carbocycles. The molecule has 1 aliphatic heterocycles. The Morgan fingerprint density at radius 2 is 2.06 bits per heavy atom. The molecule has 0 saturated heterocycles. The minimum Gasteiger partial charge on any atom is -0.385 e. The first-order valence-electron chi connectivity index (χ1n) is 10.8. The highest BCUT2D eigenvalue weighted by Crippen LogP contribution is 2.31. The molecule has 0 spiro atoms. The summed E-state index contributed by atoms with van der Waals surface area (Å²) in [6.07, 6.45) is 7.31. The molecule has 2 aromatic heterocycles. The highest BCUT2D eigenvalue weighted by atomic mass is 16.5. The third-order valence-corrected chi connectivity index (χ3v) is 5.61. The van der Waals surface area contributed by atoms with Crippen LogP contribution in [-0.2, 0) is 17.7 Å². The Labute approximate surface area is 183 Å². The summed E-state index contributed by atoms with van der Waals surface area (Å²) in [5, 5.41) is 2.94. The molecule has 3 heterocycles. The quantitative estimate of drug-likeness (QED) is 0.540. The van der Waals surface area contributed by atoms with E-state index >= 15 is 0 Å². The molecular formula is C24H29N5O2. The SMILES string of the molecule is COCCCNC(=O)c1cn2c(n1)C(c1ccccc1)N(CCc1cccnc1)CC2. The first-order valence-corrected chi connectivity index (χ1v) is 10.8. The van der Waals surface area contributed by atoms with E-state index in [1.54, 1.807) is 13.3 Å². The highest BCUT2D eigenvalue weighted by molar-refractivity contribution is 5.92. The van der Waals surface area contributed by atoms with Crippen molar-refractivity contribution in [1.82, 2.24) is 24.8 Å². The van der Waals surface area contributed by atoms with Crippen LogP contribution in [0.1, 0.15) is 39.9 Å². The van der Waals surface area contributed by atoms with Gasteiger partial charge in [-0.1, -0.05) is 36.4 Å². The second kappa shape index (κ2) is 10.3. The fraction of sp³-hybridized carbons (Fsp3) is 0.375. The number of hydrogen-bond acceptors (Lipinski definition) is 5. The van der Waals surface area contributed by atoms with Crippen molar-refractivity contribution in [2.45, 2.75) is 25.4 Å². The normalized spacial score (nSPS) is 16.1. The number of amides is 1. The van der Waals surface area contributed by atoms with Crippen molar-refractivity contribution in [2.75, 3.05) is 33.4 Å². The lowest BCUT2D eigenvalue weighted by Gasteiger charge is -2.36. The van der Waals surface area contributed by atoms with Crippen molar-refractivity contribution in [3.63, 3.8) is 0 Å².